The third-order valence-corrected chi connectivity index (χ3v) is 6.03. The molecule has 1 heterocycles. The maximum Gasteiger partial charge on any atom is 0.416 e. The summed E-state index contributed by atoms with van der Waals surface area (Å²) in [6.45, 7) is 4.62. The van der Waals surface area contributed by atoms with Gasteiger partial charge in [0.15, 0.2) is 0 Å². The fourth-order valence-corrected chi connectivity index (χ4v) is 4.27. The Balaban J connectivity index is 0.00000112. The topological polar surface area (TPSA) is 70.9 Å². The number of carboxylic acids is 1. The number of hydrogen-bond donors (Lipinski definition) is 2. The lowest BCUT2D eigenvalue weighted by molar-refractivity contribution is -0.143. The smallest absolute Gasteiger partial charge is 0.416 e. The summed E-state index contributed by atoms with van der Waals surface area (Å²) < 4.78 is 96.5. The van der Waals surface area contributed by atoms with Crippen LogP contribution in [0.25, 0.3) is 0 Å². The van der Waals surface area contributed by atoms with Crippen molar-refractivity contribution in [2.75, 3.05) is 17.7 Å². The summed E-state index contributed by atoms with van der Waals surface area (Å²) in [6.07, 6.45) is -9.27. The van der Waals surface area contributed by atoms with Gasteiger partial charge in [0.05, 0.1) is 17.2 Å². The molecule has 2 N–H and O–H groups in total. The number of nitrogens with one attached hydrogen (secondary N) is 1. The van der Waals surface area contributed by atoms with E-state index < -0.39 is 35.2 Å². The standard InChI is InChI=1S/C22H21F7N2OS.C2H4O2/c1-12-3-4-16(23)9-19(12)30-13(2)5-17-11-33-20(31-17)10-32-18-7-14(21(24,25)26)6-15(8-18)22(27,28)29;1-2(3)4/h3-4,6-9,13,17,30H,5,10-11H2,1-2H3;1H3,(H,3,4). The molecule has 5 nitrogen and oxygen atoms in total. The van der Waals surface area contributed by atoms with E-state index in [0.717, 1.165) is 12.5 Å². The molecule has 13 heteroatoms. The van der Waals surface area contributed by atoms with Crippen LogP contribution in [0.4, 0.5) is 36.4 Å². The molecule has 2 aromatic carbocycles. The number of carbonyl (C=O) groups is 1. The molecule has 0 amide bonds. The van der Waals surface area contributed by atoms with E-state index in [1.165, 1.54) is 23.9 Å². The van der Waals surface area contributed by atoms with E-state index in [9.17, 15) is 30.7 Å². The van der Waals surface area contributed by atoms with Gasteiger partial charge in [-0.3, -0.25) is 9.79 Å². The molecule has 1 aliphatic heterocycles. The second-order valence-electron chi connectivity index (χ2n) is 8.28. The highest BCUT2D eigenvalue weighted by atomic mass is 32.2. The van der Waals surface area contributed by atoms with Crippen molar-refractivity contribution in [3.8, 4) is 5.75 Å². The van der Waals surface area contributed by atoms with E-state index in [1.807, 2.05) is 13.8 Å². The maximum absolute atomic E-state index is 13.5. The van der Waals surface area contributed by atoms with Crippen LogP contribution in [-0.2, 0) is 17.1 Å². The first kappa shape index (κ1) is 30.3. The first-order chi connectivity index (χ1) is 17.0. The number of aryl methyl sites for hydroxylation is 1. The summed E-state index contributed by atoms with van der Waals surface area (Å²) in [5, 5.41) is 11.1. The van der Waals surface area contributed by atoms with Gasteiger partial charge in [-0.05, 0) is 56.2 Å². The summed E-state index contributed by atoms with van der Waals surface area (Å²) in [5.74, 6) is -1.11. The Morgan fingerprint density at radius 3 is 2.24 bits per heavy atom. The van der Waals surface area contributed by atoms with E-state index in [0.29, 0.717) is 35.0 Å². The number of rotatable bonds is 7. The van der Waals surface area contributed by atoms with Gasteiger partial charge in [0.2, 0.25) is 0 Å². The minimum absolute atomic E-state index is 0.0436. The third-order valence-electron chi connectivity index (χ3n) is 4.92. The predicted octanol–water partition coefficient (Wildman–Crippen LogP) is 7.05. The first-order valence-corrected chi connectivity index (χ1v) is 11.9. The van der Waals surface area contributed by atoms with Gasteiger partial charge in [-0.2, -0.15) is 26.3 Å². The van der Waals surface area contributed by atoms with Crippen LogP contribution in [0.2, 0.25) is 0 Å². The van der Waals surface area contributed by atoms with Gasteiger partial charge in [-0.25, -0.2) is 4.39 Å². The second kappa shape index (κ2) is 12.5. The van der Waals surface area contributed by atoms with Crippen molar-refractivity contribution in [2.24, 2.45) is 4.99 Å². The largest absolute Gasteiger partial charge is 0.487 e. The highest BCUT2D eigenvalue weighted by molar-refractivity contribution is 8.14. The molecule has 37 heavy (non-hydrogen) atoms. The van der Waals surface area contributed by atoms with Crippen LogP contribution in [0.1, 0.15) is 37.0 Å². The molecule has 3 rings (SSSR count). The lowest BCUT2D eigenvalue weighted by Gasteiger charge is -2.19. The highest BCUT2D eigenvalue weighted by Crippen LogP contribution is 2.38. The van der Waals surface area contributed by atoms with Crippen molar-refractivity contribution in [3.05, 3.63) is 58.9 Å². The number of thioether (sulfide) groups is 1. The Morgan fingerprint density at radius 1 is 1.14 bits per heavy atom. The number of hydrogen-bond acceptors (Lipinski definition) is 5. The van der Waals surface area contributed by atoms with Crippen molar-refractivity contribution in [1.29, 1.82) is 0 Å². The van der Waals surface area contributed by atoms with Crippen LogP contribution in [-0.4, -0.2) is 40.6 Å². The molecule has 1 aliphatic rings. The lowest BCUT2D eigenvalue weighted by Crippen LogP contribution is -2.22. The minimum atomic E-state index is -4.94. The summed E-state index contributed by atoms with van der Waals surface area (Å²) in [6, 6.07) is 5.43. The molecule has 2 unspecified atom stereocenters. The molecule has 204 valence electrons. The van der Waals surface area contributed by atoms with Crippen LogP contribution >= 0.6 is 11.8 Å². The number of benzene rings is 2. The van der Waals surface area contributed by atoms with E-state index >= 15 is 0 Å². The third kappa shape index (κ3) is 10.1. The molecule has 0 aromatic heterocycles. The van der Waals surface area contributed by atoms with Crippen molar-refractivity contribution in [2.45, 2.75) is 51.6 Å². The molecule has 0 spiro atoms. The van der Waals surface area contributed by atoms with Gasteiger partial charge in [0.25, 0.3) is 5.97 Å². The van der Waals surface area contributed by atoms with Gasteiger partial charge in [-0.1, -0.05) is 6.07 Å². The van der Waals surface area contributed by atoms with E-state index in [1.54, 1.807) is 6.07 Å². The van der Waals surface area contributed by atoms with Crippen LogP contribution in [0.5, 0.6) is 5.75 Å². The van der Waals surface area contributed by atoms with Crippen LogP contribution < -0.4 is 10.1 Å². The summed E-state index contributed by atoms with van der Waals surface area (Å²) >= 11 is 1.34. The van der Waals surface area contributed by atoms with Gasteiger partial charge in [0.1, 0.15) is 23.2 Å². The van der Waals surface area contributed by atoms with Crippen LogP contribution in [0, 0.1) is 12.7 Å². The van der Waals surface area contributed by atoms with Crippen LogP contribution in [0.3, 0.4) is 0 Å². The quantitative estimate of drug-likeness (QED) is 0.359. The van der Waals surface area contributed by atoms with E-state index in [-0.39, 0.29) is 30.6 Å². The van der Waals surface area contributed by atoms with E-state index in [2.05, 4.69) is 10.3 Å². The predicted molar refractivity (Wildman–Crippen MR) is 128 cm³/mol. The normalized spacial score (nSPS) is 16.4. The van der Waals surface area contributed by atoms with Crippen molar-refractivity contribution in [3.63, 3.8) is 0 Å². The zero-order valence-corrected chi connectivity index (χ0v) is 20.8. The summed E-state index contributed by atoms with van der Waals surface area (Å²) in [4.78, 5) is 13.5. The van der Waals surface area contributed by atoms with Gasteiger partial charge >= 0.3 is 12.4 Å². The van der Waals surface area contributed by atoms with Crippen molar-refractivity contribution < 1.29 is 45.4 Å². The minimum Gasteiger partial charge on any atom is -0.487 e. The molecule has 0 aliphatic carbocycles. The summed E-state index contributed by atoms with van der Waals surface area (Å²) in [7, 11) is 0. The number of alkyl halides is 6. The molecule has 2 atom stereocenters. The monoisotopic (exact) mass is 554 g/mol. The van der Waals surface area contributed by atoms with Crippen LogP contribution in [0.15, 0.2) is 41.4 Å². The number of aliphatic imine (C=N–C) groups is 1. The first-order valence-electron chi connectivity index (χ1n) is 10.9. The number of anilines is 1. The number of ether oxygens (including phenoxy) is 1. The van der Waals surface area contributed by atoms with Gasteiger partial charge in [0, 0.05) is 24.4 Å². The van der Waals surface area contributed by atoms with Gasteiger partial charge in [-0.15, -0.1) is 11.8 Å². The Hall–Kier alpha value is -2.96. The summed E-state index contributed by atoms with van der Waals surface area (Å²) in [5.41, 5.74) is -1.30. The molecule has 0 fully saturated rings. The molecular formula is C24H25F7N2O3S. The number of halogens is 7. The molecule has 0 saturated heterocycles. The average molecular weight is 555 g/mol. The molecule has 2 aromatic rings. The molecular weight excluding hydrogens is 529 g/mol. The zero-order valence-electron chi connectivity index (χ0n) is 20.0. The Morgan fingerprint density at radius 2 is 1.70 bits per heavy atom. The zero-order chi connectivity index (χ0) is 28.0. The molecule has 0 radical (unpaired) electrons. The maximum atomic E-state index is 13.5. The van der Waals surface area contributed by atoms with Gasteiger partial charge < -0.3 is 15.2 Å². The second-order valence-corrected chi connectivity index (χ2v) is 9.37. The fraction of sp³-hybridized carbons (Fsp3) is 0.417. The SMILES string of the molecule is CC(=O)O.Cc1ccc(F)cc1NC(C)CC1CSC(COc2cc(C(F)(F)F)cc(C(F)(F)F)c2)=N1. The Bertz CT molecular complexity index is 1080. The Labute approximate surface area is 213 Å². The number of nitrogens with zero attached hydrogens (tertiary/aromatic N) is 1. The fourth-order valence-electron chi connectivity index (χ4n) is 3.31. The average Bonchev–Trinajstić information content (AvgIpc) is 3.20. The Kier molecular flexibility index (Phi) is 10.2. The van der Waals surface area contributed by atoms with E-state index in [4.69, 9.17) is 14.6 Å². The van der Waals surface area contributed by atoms with Crippen molar-refractivity contribution >= 4 is 28.5 Å². The molecule has 0 saturated carbocycles. The number of carboxylic acid groups (broad SMARTS) is 1. The number of aliphatic carboxylic acids is 1. The van der Waals surface area contributed by atoms with Crippen molar-refractivity contribution in [1.82, 2.24) is 0 Å². The lowest BCUT2D eigenvalue weighted by atomic mass is 10.1. The molecule has 0 bridgehead atoms. The highest BCUT2D eigenvalue weighted by Gasteiger charge is 2.37.